The van der Waals surface area contributed by atoms with Crippen molar-refractivity contribution in [2.75, 3.05) is 11.9 Å². The molecule has 2 aromatic carbocycles. The average molecular weight is 327 g/mol. The molecule has 0 saturated carbocycles. The van der Waals surface area contributed by atoms with Gasteiger partial charge >= 0.3 is 5.97 Å². The van der Waals surface area contributed by atoms with Crippen molar-refractivity contribution in [1.29, 1.82) is 0 Å². The van der Waals surface area contributed by atoms with Crippen molar-refractivity contribution in [3.63, 3.8) is 0 Å². The number of carboxylic acid groups (broad SMARTS) is 1. The third-order valence-corrected chi connectivity index (χ3v) is 3.51. The lowest BCUT2D eigenvalue weighted by molar-refractivity contribution is 0.0695. The molecular weight excluding hydrogens is 306 g/mol. The van der Waals surface area contributed by atoms with Gasteiger partial charge in [-0.2, -0.15) is 0 Å². The highest BCUT2D eigenvalue weighted by Crippen LogP contribution is 2.20. The van der Waals surface area contributed by atoms with E-state index >= 15 is 0 Å². The van der Waals surface area contributed by atoms with Crippen LogP contribution in [0.2, 0.25) is 0 Å². The van der Waals surface area contributed by atoms with Gasteiger partial charge in [0.25, 0.3) is 5.91 Å². The quantitative estimate of drug-likeness (QED) is 0.841. The van der Waals surface area contributed by atoms with Gasteiger partial charge in [0.05, 0.1) is 12.2 Å². The number of hydrogen-bond donors (Lipinski definition) is 2. The summed E-state index contributed by atoms with van der Waals surface area (Å²) in [5.41, 5.74) is 1.66. The maximum Gasteiger partial charge on any atom is 0.336 e. The highest BCUT2D eigenvalue weighted by atomic mass is 16.5. The molecule has 0 bridgehead atoms. The molecule has 2 N–H and O–H groups in total. The van der Waals surface area contributed by atoms with E-state index in [2.05, 4.69) is 19.2 Å². The summed E-state index contributed by atoms with van der Waals surface area (Å²) in [6, 6.07) is 11.7. The van der Waals surface area contributed by atoms with E-state index in [9.17, 15) is 9.59 Å². The van der Waals surface area contributed by atoms with E-state index in [1.807, 2.05) is 0 Å². The summed E-state index contributed by atoms with van der Waals surface area (Å²) in [6.07, 6.45) is 0. The van der Waals surface area contributed by atoms with Crippen molar-refractivity contribution in [1.82, 2.24) is 0 Å². The Hall–Kier alpha value is -2.82. The van der Waals surface area contributed by atoms with Gasteiger partial charge in [-0.3, -0.25) is 4.79 Å². The first-order chi connectivity index (χ1) is 11.4. The standard InChI is InChI=1S/C19H21NO4/c1-12(2)11-24-15-9-7-14(8-10-15)18(21)20-17-6-4-5-16(13(17)3)19(22)23/h4-10,12H,11H2,1-3H3,(H,20,21)(H,22,23). The summed E-state index contributed by atoms with van der Waals surface area (Å²) in [7, 11) is 0. The number of carboxylic acids is 1. The van der Waals surface area contributed by atoms with Gasteiger partial charge in [0.2, 0.25) is 0 Å². The molecule has 2 rings (SSSR count). The predicted octanol–water partition coefficient (Wildman–Crippen LogP) is 3.98. The number of benzene rings is 2. The first-order valence-electron chi connectivity index (χ1n) is 7.75. The second-order valence-electron chi connectivity index (χ2n) is 5.97. The molecule has 0 saturated heterocycles. The van der Waals surface area contributed by atoms with Crippen LogP contribution in [0.3, 0.4) is 0 Å². The van der Waals surface area contributed by atoms with Crippen molar-refractivity contribution >= 4 is 17.6 Å². The lowest BCUT2D eigenvalue weighted by Gasteiger charge is -2.11. The molecule has 0 radical (unpaired) electrons. The van der Waals surface area contributed by atoms with E-state index < -0.39 is 5.97 Å². The summed E-state index contributed by atoms with van der Waals surface area (Å²) in [5, 5.41) is 11.9. The molecule has 0 heterocycles. The predicted molar refractivity (Wildman–Crippen MR) is 92.9 cm³/mol. The largest absolute Gasteiger partial charge is 0.493 e. The number of carbonyl (C=O) groups excluding carboxylic acids is 1. The molecule has 0 aromatic heterocycles. The first-order valence-corrected chi connectivity index (χ1v) is 7.75. The molecule has 0 aliphatic rings. The molecule has 5 nitrogen and oxygen atoms in total. The van der Waals surface area contributed by atoms with Crippen LogP contribution in [0, 0.1) is 12.8 Å². The van der Waals surface area contributed by atoms with Crippen LogP contribution in [0.25, 0.3) is 0 Å². The normalized spacial score (nSPS) is 10.5. The number of rotatable bonds is 6. The fourth-order valence-corrected chi connectivity index (χ4v) is 2.16. The Morgan fingerprint density at radius 2 is 1.79 bits per heavy atom. The molecule has 5 heteroatoms. The monoisotopic (exact) mass is 327 g/mol. The van der Waals surface area contributed by atoms with E-state index in [1.165, 1.54) is 6.07 Å². The van der Waals surface area contributed by atoms with Gasteiger partial charge in [-0.15, -0.1) is 0 Å². The Balaban J connectivity index is 2.10. The maximum absolute atomic E-state index is 12.3. The summed E-state index contributed by atoms with van der Waals surface area (Å²) >= 11 is 0. The van der Waals surface area contributed by atoms with Crippen molar-refractivity contribution in [2.24, 2.45) is 5.92 Å². The van der Waals surface area contributed by atoms with Crippen LogP contribution in [-0.4, -0.2) is 23.6 Å². The van der Waals surface area contributed by atoms with Crippen LogP contribution in [0.5, 0.6) is 5.75 Å². The molecule has 0 fully saturated rings. The highest BCUT2D eigenvalue weighted by molar-refractivity contribution is 6.05. The number of amides is 1. The van der Waals surface area contributed by atoms with E-state index in [0.717, 1.165) is 0 Å². The minimum atomic E-state index is -1.02. The molecule has 0 spiro atoms. The molecule has 0 aliphatic heterocycles. The van der Waals surface area contributed by atoms with Gasteiger partial charge in [0.1, 0.15) is 5.75 Å². The van der Waals surface area contributed by atoms with Crippen LogP contribution in [0.15, 0.2) is 42.5 Å². The zero-order valence-electron chi connectivity index (χ0n) is 14.0. The topological polar surface area (TPSA) is 75.6 Å². The van der Waals surface area contributed by atoms with Crippen molar-refractivity contribution in [3.05, 3.63) is 59.2 Å². The van der Waals surface area contributed by atoms with Crippen LogP contribution in [0.1, 0.15) is 40.1 Å². The van der Waals surface area contributed by atoms with Gasteiger partial charge in [-0.1, -0.05) is 19.9 Å². The average Bonchev–Trinajstić information content (AvgIpc) is 2.55. The van der Waals surface area contributed by atoms with Gasteiger partial charge in [0, 0.05) is 11.3 Å². The van der Waals surface area contributed by atoms with Gasteiger partial charge in [0.15, 0.2) is 0 Å². The molecule has 126 valence electrons. The minimum Gasteiger partial charge on any atom is -0.493 e. The number of carbonyl (C=O) groups is 2. The summed E-state index contributed by atoms with van der Waals surface area (Å²) in [5.74, 6) is -0.173. The Morgan fingerprint density at radius 1 is 1.12 bits per heavy atom. The van der Waals surface area contributed by atoms with Gasteiger partial charge in [-0.25, -0.2) is 4.79 Å². The molecular formula is C19H21NO4. The third kappa shape index (κ3) is 4.35. The molecule has 0 atom stereocenters. The molecule has 24 heavy (non-hydrogen) atoms. The van der Waals surface area contributed by atoms with E-state index in [1.54, 1.807) is 43.3 Å². The second kappa shape index (κ2) is 7.64. The Kier molecular flexibility index (Phi) is 5.58. The molecule has 0 aliphatic carbocycles. The minimum absolute atomic E-state index is 0.172. The molecule has 1 amide bonds. The number of anilines is 1. The van der Waals surface area contributed by atoms with Crippen LogP contribution in [0.4, 0.5) is 5.69 Å². The van der Waals surface area contributed by atoms with Crippen LogP contribution >= 0.6 is 0 Å². The van der Waals surface area contributed by atoms with Gasteiger partial charge in [-0.05, 0) is 54.8 Å². The molecule has 0 unspecified atom stereocenters. The van der Waals surface area contributed by atoms with Crippen molar-refractivity contribution < 1.29 is 19.4 Å². The van der Waals surface area contributed by atoms with Gasteiger partial charge < -0.3 is 15.2 Å². The smallest absolute Gasteiger partial charge is 0.336 e. The van der Waals surface area contributed by atoms with E-state index in [4.69, 9.17) is 9.84 Å². The van der Waals surface area contributed by atoms with Crippen molar-refractivity contribution in [2.45, 2.75) is 20.8 Å². The van der Waals surface area contributed by atoms with Crippen LogP contribution in [-0.2, 0) is 0 Å². The molecule has 2 aromatic rings. The number of aromatic carboxylic acids is 1. The SMILES string of the molecule is Cc1c(NC(=O)c2ccc(OCC(C)C)cc2)cccc1C(=O)O. The zero-order valence-corrected chi connectivity index (χ0v) is 14.0. The fraction of sp³-hybridized carbons (Fsp3) is 0.263. The Labute approximate surface area is 141 Å². The zero-order chi connectivity index (χ0) is 17.7. The van der Waals surface area contributed by atoms with Crippen molar-refractivity contribution in [3.8, 4) is 5.75 Å². The first kappa shape index (κ1) is 17.5. The van der Waals surface area contributed by atoms with E-state index in [0.29, 0.717) is 35.1 Å². The van der Waals surface area contributed by atoms with E-state index in [-0.39, 0.29) is 11.5 Å². The summed E-state index contributed by atoms with van der Waals surface area (Å²) in [4.78, 5) is 23.5. The van der Waals surface area contributed by atoms with Crippen LogP contribution < -0.4 is 10.1 Å². The summed E-state index contributed by atoms with van der Waals surface area (Å²) in [6.45, 7) is 6.42. The second-order valence-corrected chi connectivity index (χ2v) is 5.97. The number of hydrogen-bond acceptors (Lipinski definition) is 3. The Bertz CT molecular complexity index is 736. The fourth-order valence-electron chi connectivity index (χ4n) is 2.16. The lowest BCUT2D eigenvalue weighted by Crippen LogP contribution is -2.14. The number of ether oxygens (including phenoxy) is 1. The maximum atomic E-state index is 12.3. The highest BCUT2D eigenvalue weighted by Gasteiger charge is 2.13. The lowest BCUT2D eigenvalue weighted by atomic mass is 10.1. The third-order valence-electron chi connectivity index (χ3n) is 3.51. The Morgan fingerprint density at radius 3 is 2.38 bits per heavy atom. The summed E-state index contributed by atoms with van der Waals surface area (Å²) < 4.78 is 5.58. The number of nitrogens with one attached hydrogen (secondary N) is 1.